The van der Waals surface area contributed by atoms with Crippen molar-refractivity contribution in [1.82, 2.24) is 25.3 Å². The molecule has 6 nitrogen and oxygen atoms in total. The van der Waals surface area contributed by atoms with Crippen molar-refractivity contribution >= 4 is 30.7 Å². The number of aromatic nitrogens is 2. The summed E-state index contributed by atoms with van der Waals surface area (Å²) in [6, 6.07) is 10.5. The fourth-order valence-electron chi connectivity index (χ4n) is 4.16. The smallest absolute Gasteiger partial charge is 0.248 e. The zero-order chi connectivity index (χ0) is 17.8. The Hall–Kier alpha value is -1.60. The average molecular weight is 426 g/mol. The first kappa shape index (κ1) is 22.7. The van der Waals surface area contributed by atoms with E-state index in [-0.39, 0.29) is 30.7 Å². The molecular weight excluding hydrogens is 397 g/mol. The summed E-state index contributed by atoms with van der Waals surface area (Å²) in [7, 11) is 0. The molecule has 154 valence electrons. The van der Waals surface area contributed by atoms with E-state index in [0.29, 0.717) is 6.54 Å². The van der Waals surface area contributed by atoms with Crippen LogP contribution in [0.25, 0.3) is 0 Å². The number of carbonyl (C=O) groups is 1. The van der Waals surface area contributed by atoms with Crippen molar-refractivity contribution in [3.05, 3.63) is 53.9 Å². The molecule has 8 heteroatoms. The summed E-state index contributed by atoms with van der Waals surface area (Å²) in [5, 5.41) is 10.9. The van der Waals surface area contributed by atoms with Gasteiger partial charge < -0.3 is 10.6 Å². The molecule has 28 heavy (non-hydrogen) atoms. The molecule has 2 aliphatic rings. The molecule has 3 heterocycles. The first-order valence-corrected chi connectivity index (χ1v) is 9.56. The average Bonchev–Trinajstić information content (AvgIpc) is 3.24. The summed E-state index contributed by atoms with van der Waals surface area (Å²) in [5.41, 5.74) is 2.32. The van der Waals surface area contributed by atoms with E-state index in [1.807, 2.05) is 16.9 Å². The third-order valence-corrected chi connectivity index (χ3v) is 5.72. The first-order valence-electron chi connectivity index (χ1n) is 9.56. The molecule has 1 aromatic heterocycles. The van der Waals surface area contributed by atoms with Crippen LogP contribution in [0.2, 0.25) is 0 Å². The summed E-state index contributed by atoms with van der Waals surface area (Å²) in [4.78, 5) is 15.5. The van der Waals surface area contributed by atoms with Crippen molar-refractivity contribution < 1.29 is 4.79 Å². The van der Waals surface area contributed by atoms with Crippen LogP contribution in [0.15, 0.2) is 42.7 Å². The molecule has 1 aromatic carbocycles. The second-order valence-corrected chi connectivity index (χ2v) is 7.28. The summed E-state index contributed by atoms with van der Waals surface area (Å²) in [5.74, 6) is 0.0973. The molecule has 0 bridgehead atoms. The highest BCUT2D eigenvalue weighted by Crippen LogP contribution is 2.27. The standard InChI is InChI=1S/C20H27N5O.2ClH/c26-19(20(7-10-21-11-8-20)25-13-3-9-23-25)22-12-15-24-14-6-17-4-1-2-5-18(17)16-24;;/h1-5,9,13,21H,6-8,10-12,14-16H2,(H,22,26);2*1H. The van der Waals surface area contributed by atoms with Crippen molar-refractivity contribution in [1.29, 1.82) is 0 Å². The lowest BCUT2D eigenvalue weighted by Gasteiger charge is -2.36. The van der Waals surface area contributed by atoms with Crippen LogP contribution in [0, 0.1) is 0 Å². The molecule has 0 spiro atoms. The number of halogens is 2. The maximum atomic E-state index is 13.0. The molecule has 0 atom stereocenters. The van der Waals surface area contributed by atoms with Gasteiger partial charge >= 0.3 is 0 Å². The number of benzene rings is 1. The number of rotatable bonds is 5. The Balaban J connectivity index is 0.00000140. The lowest BCUT2D eigenvalue weighted by molar-refractivity contribution is -0.132. The van der Waals surface area contributed by atoms with E-state index in [0.717, 1.165) is 52.0 Å². The topological polar surface area (TPSA) is 62.2 Å². The van der Waals surface area contributed by atoms with Crippen LogP contribution in [0.5, 0.6) is 0 Å². The van der Waals surface area contributed by atoms with E-state index in [9.17, 15) is 4.79 Å². The quantitative estimate of drug-likeness (QED) is 0.768. The van der Waals surface area contributed by atoms with Gasteiger partial charge in [0.1, 0.15) is 5.54 Å². The van der Waals surface area contributed by atoms with Crippen LogP contribution in [-0.4, -0.2) is 53.3 Å². The molecule has 1 saturated heterocycles. The molecule has 0 aliphatic carbocycles. The summed E-state index contributed by atoms with van der Waals surface area (Å²) in [6.07, 6.45) is 6.30. The fourth-order valence-corrected chi connectivity index (χ4v) is 4.16. The Morgan fingerprint density at radius 3 is 2.61 bits per heavy atom. The number of hydrogen-bond donors (Lipinski definition) is 2. The SMILES string of the molecule is Cl.Cl.O=C(NCCN1CCc2ccccc2C1)C1(n2cccn2)CCNCC1. The van der Waals surface area contributed by atoms with Gasteiger partial charge in [-0.2, -0.15) is 5.10 Å². The van der Waals surface area contributed by atoms with Crippen LogP contribution in [0.4, 0.5) is 0 Å². The van der Waals surface area contributed by atoms with Crippen LogP contribution in [-0.2, 0) is 23.3 Å². The number of hydrogen-bond acceptors (Lipinski definition) is 4. The summed E-state index contributed by atoms with van der Waals surface area (Å²) < 4.78 is 1.85. The van der Waals surface area contributed by atoms with Gasteiger partial charge in [-0.3, -0.25) is 14.4 Å². The maximum absolute atomic E-state index is 13.0. The highest BCUT2D eigenvalue weighted by atomic mass is 35.5. The molecule has 0 unspecified atom stereocenters. The van der Waals surface area contributed by atoms with Crippen molar-refractivity contribution in [2.24, 2.45) is 0 Å². The van der Waals surface area contributed by atoms with Gasteiger partial charge in [0.15, 0.2) is 0 Å². The van der Waals surface area contributed by atoms with Crippen molar-refractivity contribution in [2.45, 2.75) is 31.3 Å². The zero-order valence-electron chi connectivity index (χ0n) is 16.0. The highest BCUT2D eigenvalue weighted by molar-refractivity contribution is 5.85. The zero-order valence-corrected chi connectivity index (χ0v) is 17.6. The monoisotopic (exact) mass is 425 g/mol. The predicted molar refractivity (Wildman–Crippen MR) is 115 cm³/mol. The van der Waals surface area contributed by atoms with Crippen LogP contribution in [0.3, 0.4) is 0 Å². The largest absolute Gasteiger partial charge is 0.353 e. The van der Waals surface area contributed by atoms with E-state index in [1.165, 1.54) is 11.1 Å². The number of carbonyl (C=O) groups excluding carboxylic acids is 1. The predicted octanol–water partition coefficient (Wildman–Crippen LogP) is 1.98. The van der Waals surface area contributed by atoms with Crippen molar-refractivity contribution in [3.63, 3.8) is 0 Å². The van der Waals surface area contributed by atoms with Gasteiger partial charge in [-0.05, 0) is 49.5 Å². The Morgan fingerprint density at radius 2 is 1.89 bits per heavy atom. The Morgan fingerprint density at radius 1 is 1.14 bits per heavy atom. The van der Waals surface area contributed by atoms with Crippen molar-refractivity contribution in [3.8, 4) is 0 Å². The molecular formula is C20H29Cl2N5O. The van der Waals surface area contributed by atoms with Crippen LogP contribution < -0.4 is 10.6 Å². The van der Waals surface area contributed by atoms with Gasteiger partial charge in [0.05, 0.1) is 0 Å². The normalized spacial score (nSPS) is 18.3. The number of amides is 1. The summed E-state index contributed by atoms with van der Waals surface area (Å²) in [6.45, 7) is 5.28. The minimum atomic E-state index is -0.552. The number of nitrogens with zero attached hydrogens (tertiary/aromatic N) is 3. The molecule has 2 N–H and O–H groups in total. The molecule has 0 saturated carbocycles. The second-order valence-electron chi connectivity index (χ2n) is 7.28. The second kappa shape index (κ2) is 10.3. The Kier molecular flexibility index (Phi) is 8.31. The number of nitrogens with one attached hydrogen (secondary N) is 2. The number of piperidine rings is 1. The third kappa shape index (κ3) is 4.69. The summed E-state index contributed by atoms with van der Waals surface area (Å²) >= 11 is 0. The maximum Gasteiger partial charge on any atom is 0.248 e. The molecule has 2 aromatic rings. The van der Waals surface area contributed by atoms with Crippen molar-refractivity contribution in [2.75, 3.05) is 32.7 Å². The fraction of sp³-hybridized carbons (Fsp3) is 0.500. The van der Waals surface area contributed by atoms with Gasteiger partial charge in [0.2, 0.25) is 5.91 Å². The van der Waals surface area contributed by atoms with Crippen LogP contribution in [0.1, 0.15) is 24.0 Å². The lowest BCUT2D eigenvalue weighted by atomic mass is 9.87. The highest BCUT2D eigenvalue weighted by Gasteiger charge is 2.41. The first-order chi connectivity index (χ1) is 12.8. The molecule has 1 amide bonds. The Labute approximate surface area is 178 Å². The molecule has 1 fully saturated rings. The Bertz CT molecular complexity index is 747. The number of fused-ring (bicyclic) bond motifs is 1. The minimum Gasteiger partial charge on any atom is -0.353 e. The lowest BCUT2D eigenvalue weighted by Crippen LogP contribution is -2.55. The third-order valence-electron chi connectivity index (χ3n) is 5.72. The van der Waals surface area contributed by atoms with E-state index < -0.39 is 5.54 Å². The van der Waals surface area contributed by atoms with E-state index in [1.54, 1.807) is 6.20 Å². The van der Waals surface area contributed by atoms with Crippen LogP contribution >= 0.6 is 24.8 Å². The minimum absolute atomic E-state index is 0. The van der Waals surface area contributed by atoms with Gasteiger partial charge in [-0.1, -0.05) is 24.3 Å². The van der Waals surface area contributed by atoms with E-state index >= 15 is 0 Å². The molecule has 2 aliphatic heterocycles. The van der Waals surface area contributed by atoms with Gasteiger partial charge in [0.25, 0.3) is 0 Å². The van der Waals surface area contributed by atoms with E-state index in [2.05, 4.69) is 44.9 Å². The van der Waals surface area contributed by atoms with Gasteiger partial charge in [0, 0.05) is 38.6 Å². The molecule has 0 radical (unpaired) electrons. The van der Waals surface area contributed by atoms with Gasteiger partial charge in [-0.15, -0.1) is 24.8 Å². The van der Waals surface area contributed by atoms with E-state index in [4.69, 9.17) is 0 Å². The molecule has 4 rings (SSSR count). The van der Waals surface area contributed by atoms with Gasteiger partial charge in [-0.25, -0.2) is 0 Å².